The molecule has 0 aromatic heterocycles. The number of ether oxygens (including phenoxy) is 2. The number of nitrogens with zero attached hydrogens (tertiary/aromatic N) is 3. The molecular formula is C30H34N4O6S. The number of carbonyl (C=O) groups excluding carboxylic acids is 2. The number of carbonyl (C=O) groups is 2. The molecule has 10 nitrogen and oxygen atoms in total. The third kappa shape index (κ3) is 7.71. The Bertz CT molecular complexity index is 1500. The molecule has 1 saturated heterocycles. The Balaban J connectivity index is 1.39. The summed E-state index contributed by atoms with van der Waals surface area (Å²) >= 11 is 0. The Hall–Kier alpha value is -4.22. The first-order chi connectivity index (χ1) is 19.6. The van der Waals surface area contributed by atoms with E-state index in [0.717, 1.165) is 21.0 Å². The highest BCUT2D eigenvalue weighted by molar-refractivity contribution is 7.92. The van der Waals surface area contributed by atoms with Gasteiger partial charge in [0.15, 0.2) is 6.61 Å². The Morgan fingerprint density at radius 1 is 1.00 bits per heavy atom. The molecule has 0 radical (unpaired) electrons. The minimum Gasteiger partial charge on any atom is -0.484 e. The summed E-state index contributed by atoms with van der Waals surface area (Å²) < 4.78 is 39.2. The molecule has 1 N–H and O–H groups in total. The second kappa shape index (κ2) is 13.4. The summed E-state index contributed by atoms with van der Waals surface area (Å²) in [7, 11) is -4.03. The topological polar surface area (TPSA) is 118 Å². The molecule has 4 rings (SSSR count). The van der Waals surface area contributed by atoms with Gasteiger partial charge in [-0.15, -0.1) is 0 Å². The number of nitrogens with one attached hydrogen (secondary N) is 1. The van der Waals surface area contributed by atoms with Crippen LogP contribution in [0.2, 0.25) is 0 Å². The van der Waals surface area contributed by atoms with Gasteiger partial charge in [0.1, 0.15) is 12.3 Å². The van der Waals surface area contributed by atoms with Crippen molar-refractivity contribution in [3.8, 4) is 5.75 Å². The van der Waals surface area contributed by atoms with Crippen LogP contribution in [0, 0.1) is 20.8 Å². The van der Waals surface area contributed by atoms with E-state index >= 15 is 0 Å². The van der Waals surface area contributed by atoms with Gasteiger partial charge in [-0.1, -0.05) is 29.8 Å². The van der Waals surface area contributed by atoms with Gasteiger partial charge < -0.3 is 14.4 Å². The van der Waals surface area contributed by atoms with E-state index in [9.17, 15) is 18.0 Å². The second-order valence-corrected chi connectivity index (χ2v) is 11.6. The molecule has 3 aromatic rings. The van der Waals surface area contributed by atoms with Crippen LogP contribution in [0.25, 0.3) is 0 Å². The number of morpholine rings is 1. The third-order valence-electron chi connectivity index (χ3n) is 6.75. The number of rotatable bonds is 10. The summed E-state index contributed by atoms with van der Waals surface area (Å²) in [5.41, 5.74) is 6.11. The lowest BCUT2D eigenvalue weighted by atomic mass is 10.1. The van der Waals surface area contributed by atoms with Gasteiger partial charge in [0, 0.05) is 13.1 Å². The number of amides is 2. The molecular weight excluding hydrogens is 544 g/mol. The summed E-state index contributed by atoms with van der Waals surface area (Å²) in [6, 6.07) is 18.7. The maximum atomic E-state index is 13.6. The van der Waals surface area contributed by atoms with Crippen LogP contribution in [-0.2, 0) is 24.3 Å². The number of hydrazone groups is 1. The second-order valence-electron chi connectivity index (χ2n) is 9.69. The summed E-state index contributed by atoms with van der Waals surface area (Å²) in [6.07, 6.45) is 1.44. The van der Waals surface area contributed by atoms with Gasteiger partial charge >= 0.3 is 0 Å². The van der Waals surface area contributed by atoms with Crippen LogP contribution in [0.3, 0.4) is 0 Å². The first kappa shape index (κ1) is 29.8. The summed E-state index contributed by atoms with van der Waals surface area (Å²) in [6.45, 7) is 7.24. The predicted molar refractivity (Wildman–Crippen MR) is 157 cm³/mol. The molecule has 0 aliphatic carbocycles. The van der Waals surface area contributed by atoms with Crippen molar-refractivity contribution in [1.29, 1.82) is 0 Å². The van der Waals surface area contributed by atoms with Crippen LogP contribution in [0.4, 0.5) is 5.69 Å². The summed E-state index contributed by atoms with van der Waals surface area (Å²) in [5, 5.41) is 4.00. The highest BCUT2D eigenvalue weighted by atomic mass is 32.2. The third-order valence-corrected chi connectivity index (χ3v) is 8.52. The van der Waals surface area contributed by atoms with Gasteiger partial charge in [-0.3, -0.25) is 13.9 Å². The van der Waals surface area contributed by atoms with E-state index in [1.54, 1.807) is 53.4 Å². The monoisotopic (exact) mass is 578 g/mol. The zero-order valence-electron chi connectivity index (χ0n) is 23.4. The number of anilines is 1. The highest BCUT2D eigenvalue weighted by Gasteiger charge is 2.28. The average molecular weight is 579 g/mol. The zero-order chi connectivity index (χ0) is 29.4. The maximum Gasteiger partial charge on any atom is 0.264 e. The molecule has 216 valence electrons. The van der Waals surface area contributed by atoms with Crippen molar-refractivity contribution in [2.45, 2.75) is 25.7 Å². The normalized spacial score (nSPS) is 13.7. The smallest absolute Gasteiger partial charge is 0.264 e. The molecule has 1 heterocycles. The fourth-order valence-electron chi connectivity index (χ4n) is 4.19. The average Bonchev–Trinajstić information content (AvgIpc) is 2.97. The maximum absolute atomic E-state index is 13.6. The van der Waals surface area contributed by atoms with Gasteiger partial charge in [0.25, 0.3) is 21.8 Å². The Kier molecular flexibility index (Phi) is 9.74. The molecule has 0 saturated carbocycles. The quantitative estimate of drug-likeness (QED) is 0.292. The molecule has 1 fully saturated rings. The number of hydrogen-bond acceptors (Lipinski definition) is 7. The fraction of sp³-hybridized carbons (Fsp3) is 0.300. The van der Waals surface area contributed by atoms with E-state index in [2.05, 4.69) is 10.5 Å². The van der Waals surface area contributed by atoms with E-state index < -0.39 is 22.5 Å². The van der Waals surface area contributed by atoms with Gasteiger partial charge in [-0.25, -0.2) is 13.8 Å². The van der Waals surface area contributed by atoms with Crippen molar-refractivity contribution in [3.05, 3.63) is 89.0 Å². The predicted octanol–water partition coefficient (Wildman–Crippen LogP) is 3.20. The van der Waals surface area contributed by atoms with Gasteiger partial charge in [-0.2, -0.15) is 5.10 Å². The van der Waals surface area contributed by atoms with E-state index in [4.69, 9.17) is 9.47 Å². The van der Waals surface area contributed by atoms with Crippen molar-refractivity contribution in [3.63, 3.8) is 0 Å². The molecule has 0 atom stereocenters. The largest absolute Gasteiger partial charge is 0.484 e. The lowest BCUT2D eigenvalue weighted by molar-refractivity contribution is -0.137. The standard InChI is InChI=1S/C30H34N4O6S/c1-22-7-13-27(14-8-22)41(37,38)34(28-6-4-5-23(2)24(28)3)20-29(35)32-31-19-25-9-11-26(12-10-25)40-21-30(36)33-15-17-39-18-16-33/h4-14,19H,15-18,20-21H2,1-3H3,(H,32,35)/b31-19-. The van der Waals surface area contributed by atoms with Crippen molar-refractivity contribution in [2.75, 3.05) is 43.8 Å². The zero-order valence-corrected chi connectivity index (χ0v) is 24.2. The Morgan fingerprint density at radius 2 is 1.68 bits per heavy atom. The summed E-state index contributed by atoms with van der Waals surface area (Å²) in [5.74, 6) is -0.168. The van der Waals surface area contributed by atoms with Crippen LogP contribution in [0.15, 0.2) is 76.7 Å². The van der Waals surface area contributed by atoms with Crippen molar-refractivity contribution >= 4 is 33.7 Å². The van der Waals surface area contributed by atoms with E-state index in [1.165, 1.54) is 18.3 Å². The van der Waals surface area contributed by atoms with Gasteiger partial charge in [0.05, 0.1) is 30.0 Å². The van der Waals surface area contributed by atoms with Crippen LogP contribution < -0.4 is 14.5 Å². The number of benzene rings is 3. The number of sulfonamides is 1. The Morgan fingerprint density at radius 3 is 2.37 bits per heavy atom. The molecule has 3 aromatic carbocycles. The molecule has 0 bridgehead atoms. The Labute approximate surface area is 240 Å². The molecule has 11 heteroatoms. The molecule has 1 aliphatic heterocycles. The first-order valence-corrected chi connectivity index (χ1v) is 14.6. The summed E-state index contributed by atoms with van der Waals surface area (Å²) in [4.78, 5) is 26.9. The molecule has 0 spiro atoms. The van der Waals surface area contributed by atoms with E-state index in [1.807, 2.05) is 26.8 Å². The van der Waals surface area contributed by atoms with Crippen molar-refractivity contribution < 1.29 is 27.5 Å². The fourth-order valence-corrected chi connectivity index (χ4v) is 5.67. The first-order valence-electron chi connectivity index (χ1n) is 13.2. The SMILES string of the molecule is Cc1ccc(S(=O)(=O)N(CC(=O)N/N=C\c2ccc(OCC(=O)N3CCOCC3)cc2)c2cccc(C)c2C)cc1. The number of hydrogen-bond donors (Lipinski definition) is 1. The van der Waals surface area contributed by atoms with E-state index in [-0.39, 0.29) is 17.4 Å². The molecule has 1 aliphatic rings. The van der Waals surface area contributed by atoms with Gasteiger partial charge in [-0.05, 0) is 79.9 Å². The lowest BCUT2D eigenvalue weighted by Gasteiger charge is -2.26. The van der Waals surface area contributed by atoms with Crippen LogP contribution in [0.1, 0.15) is 22.3 Å². The van der Waals surface area contributed by atoms with Crippen molar-refractivity contribution in [1.82, 2.24) is 10.3 Å². The number of aryl methyl sites for hydroxylation is 2. The minimum absolute atomic E-state index is 0.0636. The van der Waals surface area contributed by atoms with Crippen molar-refractivity contribution in [2.24, 2.45) is 5.10 Å². The van der Waals surface area contributed by atoms with Crippen LogP contribution >= 0.6 is 0 Å². The van der Waals surface area contributed by atoms with E-state index in [0.29, 0.717) is 43.3 Å². The van der Waals surface area contributed by atoms with Crippen LogP contribution in [0.5, 0.6) is 5.75 Å². The van der Waals surface area contributed by atoms with Gasteiger partial charge in [0.2, 0.25) is 0 Å². The minimum atomic E-state index is -4.03. The molecule has 41 heavy (non-hydrogen) atoms. The lowest BCUT2D eigenvalue weighted by Crippen LogP contribution is -2.42. The van der Waals surface area contributed by atoms with Crippen LogP contribution in [-0.4, -0.2) is 70.8 Å². The molecule has 0 unspecified atom stereocenters. The highest BCUT2D eigenvalue weighted by Crippen LogP contribution is 2.28. The molecule has 2 amide bonds.